The van der Waals surface area contributed by atoms with Crippen LogP contribution in [-0.4, -0.2) is 19.7 Å². The summed E-state index contributed by atoms with van der Waals surface area (Å²) in [6.07, 6.45) is 3.49. The number of ether oxygens (including phenoxy) is 2. The Morgan fingerprint density at radius 2 is 1.76 bits per heavy atom. The lowest BCUT2D eigenvalue weighted by atomic mass is 9.99. The minimum Gasteiger partial charge on any atom is -0.497 e. The van der Waals surface area contributed by atoms with Crippen LogP contribution in [0, 0.1) is 0 Å². The second kappa shape index (κ2) is 9.92. The van der Waals surface area contributed by atoms with E-state index < -0.39 is 0 Å². The first kappa shape index (κ1) is 20.6. The molecule has 5 nitrogen and oxygen atoms in total. The lowest BCUT2D eigenvalue weighted by molar-refractivity contribution is -0.143. The number of hydrogen-bond acceptors (Lipinski definition) is 5. The molecule has 1 heterocycles. The topological polar surface area (TPSA) is 65.7 Å². The van der Waals surface area contributed by atoms with Crippen molar-refractivity contribution in [1.82, 2.24) is 0 Å². The number of aryl methyl sites for hydroxylation is 1. The van der Waals surface area contributed by atoms with Gasteiger partial charge in [-0.1, -0.05) is 30.7 Å². The highest BCUT2D eigenvalue weighted by molar-refractivity contribution is 5.82. The van der Waals surface area contributed by atoms with Crippen LogP contribution in [0.25, 0.3) is 22.1 Å². The Morgan fingerprint density at radius 3 is 2.48 bits per heavy atom. The second-order valence-electron chi connectivity index (χ2n) is 6.82. The van der Waals surface area contributed by atoms with Crippen molar-refractivity contribution in [2.45, 2.75) is 39.0 Å². The van der Waals surface area contributed by atoms with Crippen LogP contribution >= 0.6 is 0 Å². The number of esters is 1. The van der Waals surface area contributed by atoms with E-state index in [0.717, 1.165) is 30.6 Å². The van der Waals surface area contributed by atoms with Gasteiger partial charge in [0.15, 0.2) is 0 Å². The second-order valence-corrected chi connectivity index (χ2v) is 6.82. The van der Waals surface area contributed by atoms with Crippen LogP contribution in [-0.2, 0) is 16.0 Å². The average molecular weight is 394 g/mol. The predicted octanol–water partition coefficient (Wildman–Crippen LogP) is 5.13. The minimum absolute atomic E-state index is 0.0291. The van der Waals surface area contributed by atoms with E-state index in [4.69, 9.17) is 13.9 Å². The number of rotatable bonds is 9. The highest BCUT2D eigenvalue weighted by atomic mass is 16.5. The molecule has 0 aliphatic heterocycles. The molecule has 0 aliphatic rings. The van der Waals surface area contributed by atoms with Crippen LogP contribution in [0.15, 0.2) is 57.7 Å². The number of carbonyl (C=O) groups excluding carboxylic acids is 1. The average Bonchev–Trinajstić information content (AvgIpc) is 2.74. The Morgan fingerprint density at radius 1 is 1.00 bits per heavy atom. The predicted molar refractivity (Wildman–Crippen MR) is 113 cm³/mol. The smallest absolute Gasteiger partial charge is 0.305 e. The van der Waals surface area contributed by atoms with E-state index in [9.17, 15) is 9.59 Å². The van der Waals surface area contributed by atoms with Gasteiger partial charge >= 0.3 is 5.97 Å². The van der Waals surface area contributed by atoms with E-state index in [1.165, 1.54) is 0 Å². The third-order valence-corrected chi connectivity index (χ3v) is 4.84. The highest BCUT2D eigenvalue weighted by Gasteiger charge is 2.16. The number of benzene rings is 2. The lowest BCUT2D eigenvalue weighted by Gasteiger charge is -2.11. The van der Waals surface area contributed by atoms with E-state index in [0.29, 0.717) is 41.7 Å². The summed E-state index contributed by atoms with van der Waals surface area (Å²) in [5, 5.41) is 0.573. The zero-order valence-corrected chi connectivity index (χ0v) is 16.9. The zero-order valence-electron chi connectivity index (χ0n) is 16.9. The summed E-state index contributed by atoms with van der Waals surface area (Å²) >= 11 is 0. The number of fused-ring (bicyclic) bond motifs is 1. The molecule has 29 heavy (non-hydrogen) atoms. The summed E-state index contributed by atoms with van der Waals surface area (Å²) in [5.41, 5.74) is 1.97. The molecule has 0 amide bonds. The molecule has 152 valence electrons. The van der Waals surface area contributed by atoms with Gasteiger partial charge in [0, 0.05) is 12.8 Å². The van der Waals surface area contributed by atoms with Crippen molar-refractivity contribution in [3.63, 3.8) is 0 Å². The van der Waals surface area contributed by atoms with Gasteiger partial charge in [0.25, 0.3) is 0 Å². The van der Waals surface area contributed by atoms with Gasteiger partial charge in [0.2, 0.25) is 5.43 Å². The number of methoxy groups -OCH3 is 1. The first-order valence-corrected chi connectivity index (χ1v) is 9.98. The number of unbranched alkanes of at least 4 members (excludes halogenated alkanes) is 2. The zero-order chi connectivity index (χ0) is 20.6. The van der Waals surface area contributed by atoms with Gasteiger partial charge in [0.1, 0.15) is 17.1 Å². The van der Waals surface area contributed by atoms with E-state index in [1.54, 1.807) is 20.1 Å². The number of hydrogen-bond donors (Lipinski definition) is 0. The van der Waals surface area contributed by atoms with Crippen LogP contribution in [0.4, 0.5) is 0 Å². The summed E-state index contributed by atoms with van der Waals surface area (Å²) < 4.78 is 16.3. The Kier molecular flexibility index (Phi) is 7.06. The van der Waals surface area contributed by atoms with Gasteiger partial charge in [-0.3, -0.25) is 9.59 Å². The molecular formula is C24H26O5. The molecule has 0 saturated heterocycles. The van der Waals surface area contributed by atoms with Crippen molar-refractivity contribution in [2.24, 2.45) is 0 Å². The van der Waals surface area contributed by atoms with Crippen molar-refractivity contribution in [3.8, 4) is 16.9 Å². The Labute approximate surface area is 170 Å². The molecule has 3 aromatic rings. The normalized spacial score (nSPS) is 10.8. The summed E-state index contributed by atoms with van der Waals surface area (Å²) in [4.78, 5) is 24.7. The largest absolute Gasteiger partial charge is 0.497 e. The number of para-hydroxylation sites is 1. The lowest BCUT2D eigenvalue weighted by Crippen LogP contribution is -2.09. The fraction of sp³-hybridized carbons (Fsp3) is 0.333. The molecule has 0 fully saturated rings. The van der Waals surface area contributed by atoms with Crippen LogP contribution in [0.2, 0.25) is 0 Å². The summed E-state index contributed by atoms with van der Waals surface area (Å²) in [7, 11) is 1.61. The molecule has 0 saturated carbocycles. The van der Waals surface area contributed by atoms with E-state index >= 15 is 0 Å². The van der Waals surface area contributed by atoms with Gasteiger partial charge in [-0.25, -0.2) is 0 Å². The number of carbonyl (C=O) groups is 1. The molecule has 0 bridgehead atoms. The first-order chi connectivity index (χ1) is 14.1. The van der Waals surface area contributed by atoms with Crippen molar-refractivity contribution in [1.29, 1.82) is 0 Å². The van der Waals surface area contributed by atoms with Crippen molar-refractivity contribution >= 4 is 16.9 Å². The maximum Gasteiger partial charge on any atom is 0.305 e. The maximum atomic E-state index is 13.2. The molecule has 5 heteroatoms. The van der Waals surface area contributed by atoms with E-state index in [-0.39, 0.29) is 11.4 Å². The fourth-order valence-corrected chi connectivity index (χ4v) is 3.38. The van der Waals surface area contributed by atoms with Crippen LogP contribution in [0.1, 0.15) is 38.4 Å². The fourth-order valence-electron chi connectivity index (χ4n) is 3.38. The molecule has 0 aliphatic carbocycles. The SMILES string of the molecule is CCOC(=O)CCCCCc1oc2ccccc2c(=O)c1-c1ccc(OC)cc1. The highest BCUT2D eigenvalue weighted by Crippen LogP contribution is 2.27. The van der Waals surface area contributed by atoms with Gasteiger partial charge < -0.3 is 13.9 Å². The van der Waals surface area contributed by atoms with E-state index in [1.807, 2.05) is 42.5 Å². The minimum atomic E-state index is -0.163. The molecule has 0 N–H and O–H groups in total. The standard InChI is InChI=1S/C24H26O5/c1-3-28-22(25)12-6-4-5-11-21-23(17-13-15-18(27-2)16-14-17)24(26)19-9-7-8-10-20(19)29-21/h7-10,13-16H,3-6,11-12H2,1-2H3. The molecule has 0 spiro atoms. The molecule has 3 rings (SSSR count). The van der Waals surface area contributed by atoms with Crippen LogP contribution in [0.5, 0.6) is 5.75 Å². The third-order valence-electron chi connectivity index (χ3n) is 4.84. The van der Waals surface area contributed by atoms with Gasteiger partial charge in [-0.2, -0.15) is 0 Å². The monoisotopic (exact) mass is 394 g/mol. The Bertz CT molecular complexity index is 1020. The van der Waals surface area contributed by atoms with Gasteiger partial charge in [0.05, 0.1) is 24.7 Å². The van der Waals surface area contributed by atoms with Crippen molar-refractivity contribution in [2.75, 3.05) is 13.7 Å². The third kappa shape index (κ3) is 5.05. The summed E-state index contributed by atoms with van der Waals surface area (Å²) in [6, 6.07) is 14.7. The Balaban J connectivity index is 1.84. The molecule has 0 atom stereocenters. The van der Waals surface area contributed by atoms with Crippen molar-refractivity contribution in [3.05, 3.63) is 64.5 Å². The van der Waals surface area contributed by atoms with Crippen molar-refractivity contribution < 1.29 is 18.7 Å². The van der Waals surface area contributed by atoms with Gasteiger partial charge in [-0.05, 0) is 49.6 Å². The summed E-state index contributed by atoms with van der Waals surface area (Å²) in [5.74, 6) is 1.25. The van der Waals surface area contributed by atoms with Gasteiger partial charge in [-0.15, -0.1) is 0 Å². The quantitative estimate of drug-likeness (QED) is 0.372. The molecule has 1 aromatic heterocycles. The van der Waals surface area contributed by atoms with Crippen LogP contribution < -0.4 is 10.2 Å². The molecule has 2 aromatic carbocycles. The maximum absolute atomic E-state index is 13.2. The van der Waals surface area contributed by atoms with Crippen LogP contribution in [0.3, 0.4) is 0 Å². The first-order valence-electron chi connectivity index (χ1n) is 9.98. The molecular weight excluding hydrogens is 368 g/mol. The summed E-state index contributed by atoms with van der Waals surface area (Å²) in [6.45, 7) is 2.21. The Hall–Kier alpha value is -3.08. The van der Waals surface area contributed by atoms with E-state index in [2.05, 4.69) is 0 Å². The molecule has 0 radical (unpaired) electrons. The molecule has 0 unspecified atom stereocenters.